The van der Waals surface area contributed by atoms with Gasteiger partial charge in [0.05, 0.1) is 12.4 Å². The van der Waals surface area contributed by atoms with Gasteiger partial charge in [-0.05, 0) is 24.3 Å². The van der Waals surface area contributed by atoms with Crippen molar-refractivity contribution >= 4 is 18.1 Å². The molecule has 5 nitrogen and oxygen atoms in total. The molecule has 0 radical (unpaired) electrons. The highest BCUT2D eigenvalue weighted by molar-refractivity contribution is 5.85. The Bertz CT molecular complexity index is 421. The molecule has 0 saturated carbocycles. The van der Waals surface area contributed by atoms with E-state index in [2.05, 4.69) is 15.4 Å². The van der Waals surface area contributed by atoms with Gasteiger partial charge in [0, 0.05) is 5.69 Å². The van der Waals surface area contributed by atoms with E-state index in [1.807, 2.05) is 24.3 Å². The highest BCUT2D eigenvalue weighted by Crippen LogP contribution is 2.20. The number of nitrogens with zero attached hydrogens (tertiary/aromatic N) is 2. The third-order valence-corrected chi connectivity index (χ3v) is 1.79. The molecule has 0 bridgehead atoms. The topological polar surface area (TPSA) is 73.1 Å². The number of nitrogens with one attached hydrogen (secondary N) is 1. The fourth-order valence-corrected chi connectivity index (χ4v) is 1.09. The van der Waals surface area contributed by atoms with Crippen molar-refractivity contribution in [1.82, 2.24) is 9.97 Å². The van der Waals surface area contributed by atoms with E-state index >= 15 is 0 Å². The molecule has 16 heavy (non-hydrogen) atoms. The zero-order valence-electron chi connectivity index (χ0n) is 8.33. The molecule has 0 spiro atoms. The second-order valence-electron chi connectivity index (χ2n) is 2.84. The largest absolute Gasteiger partial charge is 0.454 e. The van der Waals surface area contributed by atoms with Crippen molar-refractivity contribution in [2.45, 2.75) is 0 Å². The summed E-state index contributed by atoms with van der Waals surface area (Å²) >= 11 is 0. The molecule has 1 aromatic carbocycles. The quantitative estimate of drug-likeness (QED) is 0.632. The second-order valence-corrected chi connectivity index (χ2v) is 2.84. The van der Waals surface area contributed by atoms with Crippen LogP contribution in [0.15, 0.2) is 43.0 Å². The van der Waals surface area contributed by atoms with E-state index in [1.54, 1.807) is 12.4 Å². The second kappa shape index (κ2) is 5.89. The summed E-state index contributed by atoms with van der Waals surface area (Å²) in [4.78, 5) is 7.69. The number of benzene rings is 1. The van der Waals surface area contributed by atoms with Crippen molar-refractivity contribution < 1.29 is 4.74 Å². The molecule has 1 aromatic heterocycles. The maximum atomic E-state index is 5.48. The summed E-state index contributed by atoms with van der Waals surface area (Å²) in [5, 5.41) is 0. The number of aromatic nitrogens is 2. The first-order valence-corrected chi connectivity index (χ1v) is 4.38. The van der Waals surface area contributed by atoms with Crippen LogP contribution in [0.25, 0.3) is 0 Å². The summed E-state index contributed by atoms with van der Waals surface area (Å²) in [5.74, 6) is 6.56. The van der Waals surface area contributed by atoms with Crippen LogP contribution < -0.4 is 16.0 Å². The summed E-state index contributed by atoms with van der Waals surface area (Å²) in [6.07, 6.45) is 4.65. The van der Waals surface area contributed by atoms with Gasteiger partial charge in [0.25, 0.3) is 0 Å². The van der Waals surface area contributed by atoms with E-state index in [1.165, 1.54) is 6.33 Å². The number of hydrogen-bond donors (Lipinski definition) is 2. The minimum Gasteiger partial charge on any atom is -0.454 e. The van der Waals surface area contributed by atoms with Gasteiger partial charge in [-0.15, -0.1) is 12.4 Å². The first kappa shape index (κ1) is 12.2. The van der Waals surface area contributed by atoms with E-state index in [-0.39, 0.29) is 12.4 Å². The van der Waals surface area contributed by atoms with Crippen LogP contribution in [-0.2, 0) is 0 Å². The molecule has 1 heterocycles. The van der Waals surface area contributed by atoms with Gasteiger partial charge in [-0.3, -0.25) is 5.84 Å². The van der Waals surface area contributed by atoms with E-state index in [0.717, 1.165) is 5.69 Å². The van der Waals surface area contributed by atoms with Crippen LogP contribution >= 0.6 is 12.4 Å². The molecule has 6 heteroatoms. The van der Waals surface area contributed by atoms with Crippen LogP contribution in [0.1, 0.15) is 0 Å². The molecule has 0 fully saturated rings. The molecule has 2 rings (SSSR count). The van der Waals surface area contributed by atoms with E-state index in [0.29, 0.717) is 11.5 Å². The third-order valence-electron chi connectivity index (χ3n) is 1.79. The maximum absolute atomic E-state index is 5.48. The van der Waals surface area contributed by atoms with Crippen LogP contribution in [-0.4, -0.2) is 9.97 Å². The summed E-state index contributed by atoms with van der Waals surface area (Å²) in [6.45, 7) is 0. The minimum absolute atomic E-state index is 0. The number of rotatable bonds is 3. The highest BCUT2D eigenvalue weighted by Gasteiger charge is 1.96. The first-order valence-electron chi connectivity index (χ1n) is 4.38. The molecule has 0 aliphatic carbocycles. The Morgan fingerprint density at radius 1 is 1.00 bits per heavy atom. The molecule has 0 saturated heterocycles. The maximum Gasteiger partial charge on any atom is 0.163 e. The minimum atomic E-state index is 0. The smallest absolute Gasteiger partial charge is 0.163 e. The van der Waals surface area contributed by atoms with Gasteiger partial charge < -0.3 is 10.2 Å². The van der Waals surface area contributed by atoms with Gasteiger partial charge >= 0.3 is 0 Å². The Kier molecular flexibility index (Phi) is 4.50. The van der Waals surface area contributed by atoms with Crippen molar-refractivity contribution in [3.8, 4) is 11.5 Å². The lowest BCUT2D eigenvalue weighted by Crippen LogP contribution is -2.05. The number of ether oxygens (including phenoxy) is 1. The van der Waals surface area contributed by atoms with Crippen LogP contribution in [0.2, 0.25) is 0 Å². The summed E-state index contributed by atoms with van der Waals surface area (Å²) in [6, 6.07) is 7.25. The van der Waals surface area contributed by atoms with Gasteiger partial charge in [-0.25, -0.2) is 9.97 Å². The van der Waals surface area contributed by atoms with Crippen LogP contribution in [0, 0.1) is 0 Å². The van der Waals surface area contributed by atoms with Gasteiger partial charge in [-0.1, -0.05) is 0 Å². The van der Waals surface area contributed by atoms with Gasteiger partial charge in [0.15, 0.2) is 5.75 Å². The lowest BCUT2D eigenvalue weighted by molar-refractivity contribution is 0.477. The molecule has 0 amide bonds. The predicted molar refractivity (Wildman–Crippen MR) is 63.6 cm³/mol. The Morgan fingerprint density at radius 2 is 1.62 bits per heavy atom. The lowest BCUT2D eigenvalue weighted by Gasteiger charge is -2.05. The van der Waals surface area contributed by atoms with E-state index < -0.39 is 0 Å². The molecule has 0 atom stereocenters. The van der Waals surface area contributed by atoms with Crippen molar-refractivity contribution in [3.05, 3.63) is 43.0 Å². The van der Waals surface area contributed by atoms with Crippen molar-refractivity contribution in [2.75, 3.05) is 5.43 Å². The Hall–Kier alpha value is -1.85. The number of nitrogen functional groups attached to an aromatic ring is 1. The molecular formula is C10H11ClN4O. The molecule has 2 aromatic rings. The van der Waals surface area contributed by atoms with Crippen LogP contribution in [0.4, 0.5) is 5.69 Å². The summed E-state index contributed by atoms with van der Waals surface area (Å²) in [7, 11) is 0. The van der Waals surface area contributed by atoms with Gasteiger partial charge in [-0.2, -0.15) is 0 Å². The molecule has 84 valence electrons. The van der Waals surface area contributed by atoms with E-state index in [4.69, 9.17) is 10.6 Å². The van der Waals surface area contributed by atoms with Crippen LogP contribution in [0.3, 0.4) is 0 Å². The normalized spacial score (nSPS) is 9.06. The predicted octanol–water partition coefficient (Wildman–Crippen LogP) is 1.98. The lowest BCUT2D eigenvalue weighted by atomic mass is 10.3. The number of hydrogen-bond acceptors (Lipinski definition) is 5. The van der Waals surface area contributed by atoms with Crippen LogP contribution in [0.5, 0.6) is 11.5 Å². The Balaban J connectivity index is 0.00000128. The number of hydrazine groups is 1. The van der Waals surface area contributed by atoms with Gasteiger partial charge in [0.1, 0.15) is 12.1 Å². The average Bonchev–Trinajstić information content (AvgIpc) is 2.31. The fraction of sp³-hybridized carbons (Fsp3) is 0. The zero-order chi connectivity index (χ0) is 10.5. The molecule has 0 aliphatic heterocycles. The number of anilines is 1. The Labute approximate surface area is 99.1 Å². The SMILES string of the molecule is Cl.NNc1ccc(Oc2cncnc2)cc1. The van der Waals surface area contributed by atoms with Crippen molar-refractivity contribution in [1.29, 1.82) is 0 Å². The summed E-state index contributed by atoms with van der Waals surface area (Å²) < 4.78 is 5.48. The molecule has 0 unspecified atom stereocenters. The van der Waals surface area contributed by atoms with Crippen molar-refractivity contribution in [3.63, 3.8) is 0 Å². The standard InChI is InChI=1S/C10H10N4O.ClH/c11-14-8-1-3-9(4-2-8)15-10-5-12-7-13-6-10;/h1-7,14H,11H2;1H. The molecule has 0 aliphatic rings. The summed E-state index contributed by atoms with van der Waals surface area (Å²) in [5.41, 5.74) is 3.36. The highest BCUT2D eigenvalue weighted by atomic mass is 35.5. The number of nitrogens with two attached hydrogens (primary N) is 1. The monoisotopic (exact) mass is 238 g/mol. The molecule has 3 N–H and O–H groups in total. The van der Waals surface area contributed by atoms with E-state index in [9.17, 15) is 0 Å². The average molecular weight is 239 g/mol. The van der Waals surface area contributed by atoms with Crippen molar-refractivity contribution in [2.24, 2.45) is 5.84 Å². The fourth-order valence-electron chi connectivity index (χ4n) is 1.09. The number of halogens is 1. The molecular weight excluding hydrogens is 228 g/mol. The third kappa shape index (κ3) is 3.08. The zero-order valence-corrected chi connectivity index (χ0v) is 9.15. The Morgan fingerprint density at radius 3 is 2.19 bits per heavy atom. The first-order chi connectivity index (χ1) is 7.38. The van der Waals surface area contributed by atoms with Gasteiger partial charge in [0.2, 0.25) is 0 Å².